The Hall–Kier alpha value is -3.88. The first-order valence-electron chi connectivity index (χ1n) is 10.6. The number of fused-ring (bicyclic) bond motifs is 1. The summed E-state index contributed by atoms with van der Waals surface area (Å²) < 4.78 is 5.47. The second-order valence-electron chi connectivity index (χ2n) is 7.83. The van der Waals surface area contributed by atoms with Gasteiger partial charge in [-0.25, -0.2) is 9.97 Å². The summed E-state index contributed by atoms with van der Waals surface area (Å²) in [5, 5.41) is 7.48. The van der Waals surface area contributed by atoms with Crippen LogP contribution in [0.5, 0.6) is 5.75 Å². The molecular weight excluding hydrogens is 452 g/mol. The highest BCUT2D eigenvalue weighted by Gasteiger charge is 2.14. The minimum atomic E-state index is -0.220. The van der Waals surface area contributed by atoms with Crippen molar-refractivity contribution in [2.24, 2.45) is 0 Å². The fourth-order valence-corrected chi connectivity index (χ4v) is 3.63. The predicted octanol–water partition coefficient (Wildman–Crippen LogP) is 5.09. The van der Waals surface area contributed by atoms with Gasteiger partial charge in [0.15, 0.2) is 0 Å². The van der Waals surface area contributed by atoms with E-state index < -0.39 is 0 Å². The number of methoxy groups -OCH3 is 1. The number of hydrogen-bond donors (Lipinski definition) is 3. The molecule has 174 valence electrons. The van der Waals surface area contributed by atoms with E-state index in [1.54, 1.807) is 37.6 Å². The lowest BCUT2D eigenvalue weighted by atomic mass is 10.1. The summed E-state index contributed by atoms with van der Waals surface area (Å²) >= 11 is 6.44. The highest BCUT2D eigenvalue weighted by atomic mass is 35.5. The summed E-state index contributed by atoms with van der Waals surface area (Å²) in [4.78, 5) is 26.4. The third kappa shape index (κ3) is 5.36. The molecule has 0 radical (unpaired) electrons. The van der Waals surface area contributed by atoms with Gasteiger partial charge in [0.1, 0.15) is 5.75 Å². The van der Waals surface area contributed by atoms with Crippen molar-refractivity contribution in [2.45, 2.75) is 0 Å². The Morgan fingerprint density at radius 3 is 2.85 bits per heavy atom. The van der Waals surface area contributed by atoms with Crippen molar-refractivity contribution in [3.63, 3.8) is 0 Å². The van der Waals surface area contributed by atoms with Crippen LogP contribution in [0.15, 0.2) is 67.0 Å². The number of ether oxygens (including phenoxy) is 1. The van der Waals surface area contributed by atoms with Crippen LogP contribution < -0.4 is 15.4 Å². The van der Waals surface area contributed by atoms with Crippen LogP contribution in [0.1, 0.15) is 0 Å². The molecule has 0 aliphatic rings. The molecule has 0 atom stereocenters. The van der Waals surface area contributed by atoms with Gasteiger partial charge in [0.05, 0.1) is 29.7 Å². The van der Waals surface area contributed by atoms with Gasteiger partial charge in [-0.2, -0.15) is 0 Å². The maximum absolute atomic E-state index is 12.2. The van der Waals surface area contributed by atoms with Gasteiger partial charge >= 0.3 is 0 Å². The fourth-order valence-electron chi connectivity index (χ4n) is 3.44. The monoisotopic (exact) mass is 476 g/mol. The van der Waals surface area contributed by atoms with Crippen molar-refractivity contribution in [3.8, 4) is 17.0 Å². The molecule has 2 heterocycles. The number of amides is 1. The maximum Gasteiger partial charge on any atom is 0.248 e. The lowest BCUT2D eigenvalue weighted by molar-refractivity contribution is -0.111. The van der Waals surface area contributed by atoms with E-state index in [2.05, 4.69) is 25.6 Å². The molecule has 2 aromatic carbocycles. The van der Waals surface area contributed by atoms with E-state index in [-0.39, 0.29) is 5.91 Å². The third-order valence-electron chi connectivity index (χ3n) is 5.04. The minimum absolute atomic E-state index is 0.220. The van der Waals surface area contributed by atoms with Crippen LogP contribution in [0.3, 0.4) is 0 Å². The van der Waals surface area contributed by atoms with E-state index >= 15 is 0 Å². The number of H-pyrrole nitrogens is 1. The quantitative estimate of drug-likeness (QED) is 0.307. The molecule has 8 nitrogen and oxygen atoms in total. The van der Waals surface area contributed by atoms with Crippen LogP contribution in [0.25, 0.3) is 22.2 Å². The average Bonchev–Trinajstić information content (AvgIpc) is 3.24. The van der Waals surface area contributed by atoms with Crippen LogP contribution in [0.2, 0.25) is 5.02 Å². The lowest BCUT2D eigenvalue weighted by Crippen LogP contribution is -2.13. The van der Waals surface area contributed by atoms with Gasteiger partial charge in [0.2, 0.25) is 11.9 Å². The van der Waals surface area contributed by atoms with Crippen LogP contribution >= 0.6 is 11.6 Å². The number of carbonyl (C=O) groups is 1. The number of nitrogens with one attached hydrogen (secondary N) is 3. The van der Waals surface area contributed by atoms with E-state index in [4.69, 9.17) is 16.3 Å². The number of aromatic nitrogens is 3. The Morgan fingerprint density at radius 1 is 1.24 bits per heavy atom. The summed E-state index contributed by atoms with van der Waals surface area (Å²) in [6, 6.07) is 13.2. The SMILES string of the molecule is COc1ccc(NC(=O)/C=C/CN(C)C)cc1Nc1ncc(Cl)c(-c2c[nH]c3ccccc23)n1. The summed E-state index contributed by atoms with van der Waals surface area (Å²) in [5.41, 5.74) is 3.68. The molecule has 0 unspecified atom stereocenters. The Morgan fingerprint density at radius 2 is 2.06 bits per heavy atom. The summed E-state index contributed by atoms with van der Waals surface area (Å²) in [7, 11) is 5.45. The van der Waals surface area contributed by atoms with E-state index in [1.807, 2.05) is 49.5 Å². The van der Waals surface area contributed by atoms with Gasteiger partial charge in [-0.05, 0) is 38.4 Å². The molecular formula is C25H25ClN6O2. The summed E-state index contributed by atoms with van der Waals surface area (Å²) in [6.45, 7) is 0.676. The molecule has 9 heteroatoms. The van der Waals surface area contributed by atoms with Crippen molar-refractivity contribution in [1.29, 1.82) is 0 Å². The number of aromatic amines is 1. The zero-order valence-corrected chi connectivity index (χ0v) is 19.8. The predicted molar refractivity (Wildman–Crippen MR) is 137 cm³/mol. The number of nitrogens with zero attached hydrogens (tertiary/aromatic N) is 3. The van der Waals surface area contributed by atoms with Gasteiger partial charge in [-0.15, -0.1) is 0 Å². The number of anilines is 3. The van der Waals surface area contributed by atoms with Crippen molar-refractivity contribution in [1.82, 2.24) is 19.9 Å². The van der Waals surface area contributed by atoms with Crippen molar-refractivity contribution >= 4 is 45.7 Å². The Bertz CT molecular complexity index is 1350. The highest BCUT2D eigenvalue weighted by Crippen LogP contribution is 2.34. The second-order valence-corrected chi connectivity index (χ2v) is 8.24. The Kier molecular flexibility index (Phi) is 7.10. The largest absolute Gasteiger partial charge is 0.495 e. The number of likely N-dealkylation sites (N-methyl/N-ethyl adjacent to an activating group) is 1. The first kappa shape index (κ1) is 23.3. The van der Waals surface area contributed by atoms with Gasteiger partial charge < -0.3 is 25.3 Å². The number of carbonyl (C=O) groups excluding carboxylic acids is 1. The summed E-state index contributed by atoms with van der Waals surface area (Å²) in [5.74, 6) is 0.702. The molecule has 0 fully saturated rings. The molecule has 0 saturated carbocycles. The standard InChI is InChI=1S/C25H25ClN6O2/c1-32(2)12-6-9-23(33)29-16-10-11-22(34-3)21(13-16)30-25-28-15-19(26)24(31-25)18-14-27-20-8-5-4-7-17(18)20/h4-11,13-15,27H,12H2,1-3H3,(H,29,33)(H,28,30,31)/b9-6+. The molecule has 0 spiro atoms. The number of benzene rings is 2. The number of rotatable bonds is 8. The molecule has 4 aromatic rings. The topological polar surface area (TPSA) is 95.2 Å². The number of halogens is 1. The molecule has 0 aliphatic carbocycles. The summed E-state index contributed by atoms with van der Waals surface area (Å²) in [6.07, 6.45) is 6.74. The third-order valence-corrected chi connectivity index (χ3v) is 5.32. The highest BCUT2D eigenvalue weighted by molar-refractivity contribution is 6.33. The number of para-hydroxylation sites is 1. The van der Waals surface area contributed by atoms with Gasteiger partial charge in [-0.3, -0.25) is 4.79 Å². The molecule has 2 aromatic heterocycles. The fraction of sp³-hybridized carbons (Fsp3) is 0.160. The van der Waals surface area contributed by atoms with Crippen molar-refractivity contribution < 1.29 is 9.53 Å². The van der Waals surface area contributed by atoms with E-state index in [0.29, 0.717) is 40.3 Å². The van der Waals surface area contributed by atoms with Gasteiger partial charge in [-0.1, -0.05) is 35.9 Å². The van der Waals surface area contributed by atoms with E-state index in [1.165, 1.54) is 6.08 Å². The molecule has 3 N–H and O–H groups in total. The smallest absolute Gasteiger partial charge is 0.248 e. The van der Waals surface area contributed by atoms with E-state index in [0.717, 1.165) is 16.5 Å². The van der Waals surface area contributed by atoms with Crippen molar-refractivity contribution in [3.05, 3.63) is 72.0 Å². The van der Waals surface area contributed by atoms with Crippen LogP contribution in [-0.4, -0.2) is 53.5 Å². The molecule has 0 bridgehead atoms. The Labute approximate surface area is 202 Å². The van der Waals surface area contributed by atoms with Crippen LogP contribution in [-0.2, 0) is 4.79 Å². The minimum Gasteiger partial charge on any atom is -0.495 e. The van der Waals surface area contributed by atoms with Crippen LogP contribution in [0, 0.1) is 0 Å². The first-order chi connectivity index (χ1) is 16.4. The van der Waals surface area contributed by atoms with Gasteiger partial charge in [0, 0.05) is 41.0 Å². The Balaban J connectivity index is 1.60. The van der Waals surface area contributed by atoms with Crippen molar-refractivity contribution in [2.75, 3.05) is 38.4 Å². The zero-order valence-electron chi connectivity index (χ0n) is 19.1. The second kappa shape index (κ2) is 10.4. The molecule has 0 saturated heterocycles. The average molecular weight is 477 g/mol. The molecule has 0 aliphatic heterocycles. The van der Waals surface area contributed by atoms with Gasteiger partial charge in [0.25, 0.3) is 0 Å². The normalized spacial score (nSPS) is 11.3. The first-order valence-corrected chi connectivity index (χ1v) is 11.0. The number of hydrogen-bond acceptors (Lipinski definition) is 6. The molecule has 4 rings (SSSR count). The zero-order chi connectivity index (χ0) is 24.1. The molecule has 1 amide bonds. The van der Waals surface area contributed by atoms with Crippen LogP contribution in [0.4, 0.5) is 17.3 Å². The maximum atomic E-state index is 12.2. The van der Waals surface area contributed by atoms with E-state index in [9.17, 15) is 4.79 Å². The molecule has 34 heavy (non-hydrogen) atoms. The lowest BCUT2D eigenvalue weighted by Gasteiger charge is -2.13.